The topological polar surface area (TPSA) is 149 Å². The van der Waals surface area contributed by atoms with E-state index in [0.29, 0.717) is 37.6 Å². The number of carbonyl (C=O) groups is 3. The Morgan fingerprint density at radius 1 is 0.933 bits per heavy atom. The summed E-state index contributed by atoms with van der Waals surface area (Å²) in [5.41, 5.74) is 1.44. The third-order valence-electron chi connectivity index (χ3n) is 7.06. The van der Waals surface area contributed by atoms with E-state index in [0.717, 1.165) is 18.4 Å². The standard InChI is InChI=1S/C31H46N5O8P/c1-5-8-21-42-31(39)36-18-16-35(17-19-36)30(38)27(23-45(40,43-6-2)44-7-3)34-29(37)26-22-25(15-12-20-41-4)32-28(33-26)24-13-10-9-11-14-24/h9-11,13-14,22,27H,5-8,12,15-21,23H2,1-4H3,(H,34,37). The molecule has 1 aromatic heterocycles. The minimum Gasteiger partial charge on any atom is -0.449 e. The van der Waals surface area contributed by atoms with E-state index in [2.05, 4.69) is 15.3 Å². The highest BCUT2D eigenvalue weighted by Gasteiger charge is 2.37. The lowest BCUT2D eigenvalue weighted by Gasteiger charge is -2.36. The van der Waals surface area contributed by atoms with Crippen molar-refractivity contribution in [1.82, 2.24) is 25.1 Å². The molecule has 2 aromatic rings. The summed E-state index contributed by atoms with van der Waals surface area (Å²) in [5.74, 6) is -0.715. The molecule has 1 atom stereocenters. The number of hydrogen-bond donors (Lipinski definition) is 1. The van der Waals surface area contributed by atoms with E-state index in [4.69, 9.17) is 18.5 Å². The van der Waals surface area contributed by atoms with E-state index in [-0.39, 0.29) is 51.2 Å². The van der Waals surface area contributed by atoms with Crippen molar-refractivity contribution >= 4 is 25.5 Å². The number of rotatable bonds is 17. The molecule has 1 aliphatic rings. The van der Waals surface area contributed by atoms with Crippen LogP contribution in [0.2, 0.25) is 0 Å². The number of nitrogens with zero attached hydrogens (tertiary/aromatic N) is 4. The number of ether oxygens (including phenoxy) is 2. The molecule has 0 aliphatic carbocycles. The first kappa shape index (κ1) is 36.1. The van der Waals surface area contributed by atoms with Gasteiger partial charge in [0.05, 0.1) is 26.0 Å². The lowest BCUT2D eigenvalue weighted by molar-refractivity contribution is -0.134. The van der Waals surface area contributed by atoms with Gasteiger partial charge in [0, 0.05) is 51.2 Å². The van der Waals surface area contributed by atoms with E-state index in [1.54, 1.807) is 31.9 Å². The van der Waals surface area contributed by atoms with Crippen LogP contribution in [0.3, 0.4) is 0 Å². The van der Waals surface area contributed by atoms with Crippen LogP contribution < -0.4 is 5.32 Å². The second-order valence-electron chi connectivity index (χ2n) is 10.5. The summed E-state index contributed by atoms with van der Waals surface area (Å²) in [5, 5.41) is 2.76. The van der Waals surface area contributed by atoms with Crippen molar-refractivity contribution in [2.75, 3.05) is 65.9 Å². The van der Waals surface area contributed by atoms with Gasteiger partial charge in [-0.25, -0.2) is 14.8 Å². The molecule has 14 heteroatoms. The Kier molecular flexibility index (Phi) is 14.9. The molecule has 1 aromatic carbocycles. The fourth-order valence-corrected chi connectivity index (χ4v) is 6.52. The average molecular weight is 648 g/mol. The van der Waals surface area contributed by atoms with E-state index in [9.17, 15) is 18.9 Å². The quantitative estimate of drug-likeness (QED) is 0.196. The smallest absolute Gasteiger partial charge is 0.409 e. The van der Waals surface area contributed by atoms with Gasteiger partial charge in [-0.15, -0.1) is 0 Å². The van der Waals surface area contributed by atoms with Gasteiger partial charge in [0.15, 0.2) is 5.82 Å². The number of amides is 3. The number of nitrogens with one attached hydrogen (secondary N) is 1. The second-order valence-corrected chi connectivity index (χ2v) is 12.6. The minimum atomic E-state index is -3.75. The molecule has 0 radical (unpaired) electrons. The number of benzene rings is 1. The third kappa shape index (κ3) is 11.2. The number of aromatic nitrogens is 2. The lowest BCUT2D eigenvalue weighted by Crippen LogP contribution is -2.57. The Hall–Kier alpha value is -3.38. The van der Waals surface area contributed by atoms with Gasteiger partial charge in [-0.05, 0) is 39.2 Å². The van der Waals surface area contributed by atoms with E-state index in [1.807, 2.05) is 37.3 Å². The van der Waals surface area contributed by atoms with Crippen LogP contribution in [0.5, 0.6) is 0 Å². The zero-order valence-electron chi connectivity index (χ0n) is 26.7. The van der Waals surface area contributed by atoms with Crippen LogP contribution in [0.25, 0.3) is 11.4 Å². The maximum absolute atomic E-state index is 13.9. The molecule has 0 spiro atoms. The highest BCUT2D eigenvalue weighted by Crippen LogP contribution is 2.48. The molecule has 0 saturated carbocycles. The van der Waals surface area contributed by atoms with E-state index < -0.39 is 31.5 Å². The Bertz CT molecular complexity index is 1280. The van der Waals surface area contributed by atoms with Gasteiger partial charge in [-0.1, -0.05) is 43.7 Å². The van der Waals surface area contributed by atoms with Gasteiger partial charge in [0.2, 0.25) is 5.91 Å². The van der Waals surface area contributed by atoms with Crippen molar-refractivity contribution in [2.45, 2.75) is 52.5 Å². The van der Waals surface area contributed by atoms with Crippen molar-refractivity contribution in [3.05, 3.63) is 47.8 Å². The Morgan fingerprint density at radius 3 is 2.22 bits per heavy atom. The molecule has 3 amide bonds. The van der Waals surface area contributed by atoms with Gasteiger partial charge < -0.3 is 33.6 Å². The average Bonchev–Trinajstić information content (AvgIpc) is 3.05. The van der Waals surface area contributed by atoms with Crippen LogP contribution in [-0.2, 0) is 34.3 Å². The molecular weight excluding hydrogens is 601 g/mol. The zero-order chi connectivity index (χ0) is 32.7. The van der Waals surface area contributed by atoms with Crippen LogP contribution in [0.4, 0.5) is 4.79 Å². The van der Waals surface area contributed by atoms with Crippen molar-refractivity contribution < 1.29 is 37.5 Å². The summed E-state index contributed by atoms with van der Waals surface area (Å²) in [6.45, 7) is 7.41. The van der Waals surface area contributed by atoms with Crippen LogP contribution >= 0.6 is 7.60 Å². The molecule has 1 aliphatic heterocycles. The van der Waals surface area contributed by atoms with Crippen LogP contribution in [0.1, 0.15) is 56.2 Å². The molecule has 1 saturated heterocycles. The molecule has 0 bridgehead atoms. The minimum absolute atomic E-state index is 0.0661. The summed E-state index contributed by atoms with van der Waals surface area (Å²) in [6, 6.07) is 9.63. The SMILES string of the molecule is CCCCOC(=O)N1CCN(C(=O)C(CP(=O)(OCC)OCC)NC(=O)c2cc(CCCOC)nc(-c3ccccc3)n2)CC1. The molecule has 1 unspecified atom stereocenters. The fourth-order valence-electron chi connectivity index (χ4n) is 4.76. The highest BCUT2D eigenvalue weighted by atomic mass is 31.2. The highest BCUT2D eigenvalue weighted by molar-refractivity contribution is 7.54. The normalized spacial score (nSPS) is 14.2. The van der Waals surface area contributed by atoms with Crippen molar-refractivity contribution in [3.8, 4) is 11.4 Å². The molecule has 2 heterocycles. The molecule has 248 valence electrons. The van der Waals surface area contributed by atoms with Crippen LogP contribution in [0.15, 0.2) is 36.4 Å². The molecular formula is C31H46N5O8P. The summed E-state index contributed by atoms with van der Waals surface area (Å²) < 4.78 is 35.0. The predicted molar refractivity (Wildman–Crippen MR) is 169 cm³/mol. The van der Waals surface area contributed by atoms with Crippen LogP contribution in [-0.4, -0.2) is 110 Å². The van der Waals surface area contributed by atoms with E-state index in [1.165, 1.54) is 4.90 Å². The second kappa shape index (κ2) is 18.6. The molecule has 13 nitrogen and oxygen atoms in total. The van der Waals surface area contributed by atoms with Gasteiger partial charge in [-0.2, -0.15) is 0 Å². The number of methoxy groups -OCH3 is 1. The monoisotopic (exact) mass is 647 g/mol. The molecule has 1 fully saturated rings. The van der Waals surface area contributed by atoms with Gasteiger partial charge in [0.25, 0.3) is 5.91 Å². The number of hydrogen-bond acceptors (Lipinski definition) is 10. The number of aryl methyl sites for hydroxylation is 1. The summed E-state index contributed by atoms with van der Waals surface area (Å²) >= 11 is 0. The van der Waals surface area contributed by atoms with E-state index >= 15 is 0 Å². The predicted octanol–water partition coefficient (Wildman–Crippen LogP) is 4.17. The maximum atomic E-state index is 13.9. The van der Waals surface area contributed by atoms with Gasteiger partial charge >= 0.3 is 13.7 Å². The summed E-state index contributed by atoms with van der Waals surface area (Å²) in [4.78, 5) is 52.3. The first-order chi connectivity index (χ1) is 21.7. The van der Waals surface area contributed by atoms with Crippen molar-refractivity contribution in [3.63, 3.8) is 0 Å². The Morgan fingerprint density at radius 2 is 1.60 bits per heavy atom. The lowest BCUT2D eigenvalue weighted by atomic mass is 10.1. The zero-order valence-corrected chi connectivity index (χ0v) is 27.6. The molecule has 3 rings (SSSR count). The molecule has 1 N–H and O–H groups in total. The number of unbranched alkanes of at least 4 members (excludes halogenated alkanes) is 1. The fraction of sp³-hybridized carbons (Fsp3) is 0.581. The summed E-state index contributed by atoms with van der Waals surface area (Å²) in [7, 11) is -2.13. The first-order valence-electron chi connectivity index (χ1n) is 15.5. The molecule has 45 heavy (non-hydrogen) atoms. The van der Waals surface area contributed by atoms with Gasteiger partial charge in [-0.3, -0.25) is 14.2 Å². The van der Waals surface area contributed by atoms with Crippen molar-refractivity contribution in [1.29, 1.82) is 0 Å². The van der Waals surface area contributed by atoms with Crippen LogP contribution in [0, 0.1) is 0 Å². The maximum Gasteiger partial charge on any atom is 0.409 e. The number of carbonyl (C=O) groups excluding carboxylic acids is 3. The number of piperazine rings is 1. The van der Waals surface area contributed by atoms with Crippen molar-refractivity contribution in [2.24, 2.45) is 0 Å². The first-order valence-corrected chi connectivity index (χ1v) is 17.3. The third-order valence-corrected chi connectivity index (χ3v) is 9.17. The largest absolute Gasteiger partial charge is 0.449 e. The Labute approximate surface area is 265 Å². The summed E-state index contributed by atoms with van der Waals surface area (Å²) in [6.07, 6.45) is 2.14. The Balaban J connectivity index is 1.85. The van der Waals surface area contributed by atoms with Gasteiger partial charge in [0.1, 0.15) is 11.7 Å².